The van der Waals surface area contributed by atoms with Gasteiger partial charge in [-0.25, -0.2) is 0 Å². The minimum Gasteiger partial charge on any atom is -0.318 e. The van der Waals surface area contributed by atoms with Crippen molar-refractivity contribution in [3.63, 3.8) is 0 Å². The van der Waals surface area contributed by atoms with Crippen molar-refractivity contribution >= 4 is 0 Å². The first-order chi connectivity index (χ1) is 3.91. The van der Waals surface area contributed by atoms with Crippen molar-refractivity contribution in [1.82, 2.24) is 10.6 Å². The first-order valence-corrected chi connectivity index (χ1v) is 3.21. The summed E-state index contributed by atoms with van der Waals surface area (Å²) in [6.45, 7) is 6.10. The Kier molecular flexibility index (Phi) is 21.3. The summed E-state index contributed by atoms with van der Waals surface area (Å²) in [5.74, 6) is 0. The van der Waals surface area contributed by atoms with E-state index in [-0.39, 0.29) is 1.43 Å². The van der Waals surface area contributed by atoms with Gasteiger partial charge in [0, 0.05) is 14.5 Å². The van der Waals surface area contributed by atoms with Crippen molar-refractivity contribution in [2.24, 2.45) is 0 Å². The molecule has 0 aliphatic carbocycles. The second-order valence-electron chi connectivity index (χ2n) is 1.21. The molecule has 0 rings (SSSR count). The van der Waals surface area contributed by atoms with E-state index in [1.54, 1.807) is 0 Å². The van der Waals surface area contributed by atoms with Crippen LogP contribution in [0.15, 0.2) is 0 Å². The van der Waals surface area contributed by atoms with E-state index in [1.165, 1.54) is 0 Å². The predicted molar refractivity (Wildman–Crippen MR) is 41.3 cm³/mol. The molecule has 0 aromatic heterocycles. The van der Waals surface area contributed by atoms with Crippen LogP contribution in [0, 0.1) is 0 Å². The number of likely N-dealkylation sites (N-methyl/N-ethyl adjacent to an activating group) is 2. The molecule has 0 aromatic rings. The molecule has 0 radical (unpaired) electrons. The molecule has 8 heavy (non-hydrogen) atoms. The molecule has 0 fully saturated rings. The SMILES string of the molecule is CC.CNCCNC.[HH]. The largest absolute Gasteiger partial charge is 0.318 e. The molecule has 0 aliphatic rings. The average Bonchev–Trinajstić information content (AvgIpc) is 1.88. The molecule has 0 heterocycles. The molecule has 0 unspecified atom stereocenters. The monoisotopic (exact) mass is 120 g/mol. The lowest BCUT2D eigenvalue weighted by Crippen LogP contribution is -2.21. The van der Waals surface area contributed by atoms with E-state index in [9.17, 15) is 0 Å². The Labute approximate surface area is 54.2 Å². The lowest BCUT2D eigenvalue weighted by Gasteiger charge is -1.92. The molecular formula is C6H20N2. The third-order valence-corrected chi connectivity index (χ3v) is 0.625. The van der Waals surface area contributed by atoms with Crippen LogP contribution in [0.1, 0.15) is 15.3 Å². The van der Waals surface area contributed by atoms with Crippen LogP contribution < -0.4 is 10.6 Å². The van der Waals surface area contributed by atoms with Crippen LogP contribution in [-0.4, -0.2) is 27.2 Å². The number of rotatable bonds is 3. The van der Waals surface area contributed by atoms with E-state index in [2.05, 4.69) is 10.6 Å². The van der Waals surface area contributed by atoms with E-state index >= 15 is 0 Å². The summed E-state index contributed by atoms with van der Waals surface area (Å²) in [7, 11) is 3.88. The third-order valence-electron chi connectivity index (χ3n) is 0.625. The minimum atomic E-state index is 0. The Morgan fingerprint density at radius 1 is 1.00 bits per heavy atom. The second-order valence-corrected chi connectivity index (χ2v) is 1.21. The highest BCUT2D eigenvalue weighted by Crippen LogP contribution is 1.45. The van der Waals surface area contributed by atoms with Gasteiger partial charge in [0.2, 0.25) is 0 Å². The average molecular weight is 120 g/mol. The summed E-state index contributed by atoms with van der Waals surface area (Å²) in [5, 5.41) is 6.01. The van der Waals surface area contributed by atoms with Gasteiger partial charge in [-0.15, -0.1) is 0 Å². The highest BCUT2D eigenvalue weighted by atomic mass is 14.9. The second kappa shape index (κ2) is 15.8. The first kappa shape index (κ1) is 10.8. The van der Waals surface area contributed by atoms with Crippen molar-refractivity contribution < 1.29 is 1.43 Å². The fourth-order valence-corrected chi connectivity index (χ4v) is 0.250. The standard InChI is InChI=1S/C4H12N2.C2H6.H2/c1-5-3-4-6-2;1-2;/h5-6H,3-4H2,1-2H3;1-2H3;1H. The van der Waals surface area contributed by atoms with Gasteiger partial charge in [0.05, 0.1) is 0 Å². The van der Waals surface area contributed by atoms with Crippen LogP contribution in [0.5, 0.6) is 0 Å². The van der Waals surface area contributed by atoms with Gasteiger partial charge in [0.1, 0.15) is 0 Å². The van der Waals surface area contributed by atoms with Gasteiger partial charge in [-0.05, 0) is 14.1 Å². The smallest absolute Gasteiger partial charge is 0.00736 e. The maximum absolute atomic E-state index is 3.01. The molecule has 54 valence electrons. The zero-order valence-electron chi connectivity index (χ0n) is 6.41. The zero-order chi connectivity index (χ0) is 6.83. The summed E-state index contributed by atoms with van der Waals surface area (Å²) >= 11 is 0. The lowest BCUT2D eigenvalue weighted by molar-refractivity contribution is 0.718. The number of nitrogens with one attached hydrogen (secondary N) is 2. The molecule has 0 saturated carbocycles. The van der Waals surface area contributed by atoms with E-state index in [0.717, 1.165) is 13.1 Å². The minimum absolute atomic E-state index is 0. The molecule has 0 bridgehead atoms. The van der Waals surface area contributed by atoms with E-state index in [1.807, 2.05) is 27.9 Å². The number of hydrogen-bond acceptors (Lipinski definition) is 2. The van der Waals surface area contributed by atoms with E-state index < -0.39 is 0 Å². The lowest BCUT2D eigenvalue weighted by atomic mass is 10.6. The van der Waals surface area contributed by atoms with Crippen molar-refractivity contribution in [1.29, 1.82) is 0 Å². The Balaban J connectivity index is -0.000000109. The van der Waals surface area contributed by atoms with Crippen LogP contribution in [-0.2, 0) is 0 Å². The van der Waals surface area contributed by atoms with Crippen LogP contribution in [0.25, 0.3) is 0 Å². The van der Waals surface area contributed by atoms with E-state index in [0.29, 0.717) is 0 Å². The Bertz CT molecular complexity index is 23.0. The molecular weight excluding hydrogens is 100 g/mol. The van der Waals surface area contributed by atoms with Gasteiger partial charge in [0.25, 0.3) is 0 Å². The van der Waals surface area contributed by atoms with Crippen molar-refractivity contribution in [3.8, 4) is 0 Å². The molecule has 0 atom stereocenters. The summed E-state index contributed by atoms with van der Waals surface area (Å²) in [5.41, 5.74) is 0. The molecule has 2 heteroatoms. The molecule has 0 aliphatic heterocycles. The molecule has 0 amide bonds. The zero-order valence-corrected chi connectivity index (χ0v) is 6.41. The predicted octanol–water partition coefficient (Wildman–Crippen LogP) is 0.697. The summed E-state index contributed by atoms with van der Waals surface area (Å²) < 4.78 is 0. The van der Waals surface area contributed by atoms with Gasteiger partial charge in [-0.3, -0.25) is 0 Å². The molecule has 0 aromatic carbocycles. The fourth-order valence-electron chi connectivity index (χ4n) is 0.250. The van der Waals surface area contributed by atoms with Crippen molar-refractivity contribution in [2.75, 3.05) is 27.2 Å². The van der Waals surface area contributed by atoms with Crippen LogP contribution in [0.3, 0.4) is 0 Å². The van der Waals surface area contributed by atoms with Gasteiger partial charge in [-0.1, -0.05) is 13.8 Å². The first-order valence-electron chi connectivity index (χ1n) is 3.21. The Hall–Kier alpha value is -0.0800. The number of hydrogen-bond donors (Lipinski definition) is 2. The summed E-state index contributed by atoms with van der Waals surface area (Å²) in [6.07, 6.45) is 0. The quantitative estimate of drug-likeness (QED) is 0.536. The maximum Gasteiger partial charge on any atom is 0.00736 e. The molecule has 2 nitrogen and oxygen atoms in total. The van der Waals surface area contributed by atoms with E-state index in [4.69, 9.17) is 0 Å². The van der Waals surface area contributed by atoms with Crippen LogP contribution in [0.2, 0.25) is 0 Å². The topological polar surface area (TPSA) is 24.1 Å². The highest BCUT2D eigenvalue weighted by molar-refractivity contribution is 4.38. The fraction of sp³-hybridized carbons (Fsp3) is 1.00. The molecule has 2 N–H and O–H groups in total. The van der Waals surface area contributed by atoms with Crippen LogP contribution >= 0.6 is 0 Å². The van der Waals surface area contributed by atoms with Gasteiger partial charge in [0.15, 0.2) is 0 Å². The third kappa shape index (κ3) is 16.8. The van der Waals surface area contributed by atoms with Gasteiger partial charge < -0.3 is 10.6 Å². The Morgan fingerprint density at radius 2 is 1.25 bits per heavy atom. The molecule has 0 spiro atoms. The maximum atomic E-state index is 3.01. The van der Waals surface area contributed by atoms with Crippen molar-refractivity contribution in [2.45, 2.75) is 13.8 Å². The van der Waals surface area contributed by atoms with Crippen LogP contribution in [0.4, 0.5) is 0 Å². The summed E-state index contributed by atoms with van der Waals surface area (Å²) in [4.78, 5) is 0. The summed E-state index contributed by atoms with van der Waals surface area (Å²) in [6, 6.07) is 0. The van der Waals surface area contributed by atoms with Gasteiger partial charge in [-0.2, -0.15) is 0 Å². The highest BCUT2D eigenvalue weighted by Gasteiger charge is 1.70. The molecule has 0 saturated heterocycles. The van der Waals surface area contributed by atoms with Crippen molar-refractivity contribution in [3.05, 3.63) is 0 Å². The van der Waals surface area contributed by atoms with Gasteiger partial charge >= 0.3 is 0 Å². The Morgan fingerprint density at radius 3 is 1.38 bits per heavy atom. The normalized spacial score (nSPS) is 7.50.